The summed E-state index contributed by atoms with van der Waals surface area (Å²) in [5.74, 6) is 0. The number of benzene rings is 4. The second kappa shape index (κ2) is 34.2. The molecule has 9 heteroatoms. The minimum Gasteiger partial charge on any atom is -0.744 e. The average molecular weight is 985 g/mol. The zero-order valence-corrected chi connectivity index (χ0v) is 46.0. The molecule has 6 nitrogen and oxygen atoms in total. The Morgan fingerprint density at radius 3 is 0.877 bits per heavy atom. The number of hydrogen-bond donors (Lipinski definition) is 0. The number of aryl methyl sites for hydroxylation is 4. The van der Waals surface area contributed by atoms with Gasteiger partial charge in [-0.25, -0.2) is 16.8 Å². The summed E-state index contributed by atoms with van der Waals surface area (Å²) >= 11 is 0. The minimum atomic E-state index is -4.50. The van der Waals surface area contributed by atoms with E-state index < -0.39 is 20.2 Å². The van der Waals surface area contributed by atoms with Gasteiger partial charge in [0.15, 0.2) is 0 Å². The maximum absolute atomic E-state index is 12.0. The Hall–Kier alpha value is -2.16. The van der Waals surface area contributed by atoms with Gasteiger partial charge in [-0.1, -0.05) is 230 Å². The van der Waals surface area contributed by atoms with Gasteiger partial charge >= 0.3 is 19.5 Å². The van der Waals surface area contributed by atoms with Crippen LogP contribution in [0.15, 0.2) is 70.5 Å². The van der Waals surface area contributed by atoms with Crippen molar-refractivity contribution in [2.24, 2.45) is 0 Å². The van der Waals surface area contributed by atoms with E-state index >= 15 is 0 Å². The average Bonchev–Trinajstić information content (AvgIpc) is 3.27. The Kier molecular flexibility index (Phi) is 31.0. The smallest absolute Gasteiger partial charge is 0.744 e. The molecule has 360 valence electrons. The molecule has 0 aliphatic carbocycles. The first-order valence-electron chi connectivity index (χ1n) is 26.0. The summed E-state index contributed by atoms with van der Waals surface area (Å²) < 4.78 is 72.1. The predicted molar refractivity (Wildman–Crippen MR) is 271 cm³/mol. The second-order valence-corrected chi connectivity index (χ2v) is 21.2. The molecule has 0 saturated carbocycles. The van der Waals surface area contributed by atoms with Crippen LogP contribution in [0.2, 0.25) is 0 Å². The van der Waals surface area contributed by atoms with E-state index in [-0.39, 0.29) is 29.3 Å². The van der Waals surface area contributed by atoms with Crippen LogP contribution in [-0.4, -0.2) is 25.9 Å². The number of fused-ring (bicyclic) bond motifs is 2. The zero-order chi connectivity index (χ0) is 46.5. The molecule has 0 aliphatic rings. The van der Waals surface area contributed by atoms with Crippen molar-refractivity contribution in [2.45, 2.75) is 243 Å². The molecule has 0 saturated heterocycles. The van der Waals surface area contributed by atoms with E-state index in [1.54, 1.807) is 12.1 Å². The summed E-state index contributed by atoms with van der Waals surface area (Å²) in [4.78, 5) is -0.0938. The third kappa shape index (κ3) is 22.2. The van der Waals surface area contributed by atoms with E-state index in [4.69, 9.17) is 0 Å². The van der Waals surface area contributed by atoms with E-state index in [2.05, 4.69) is 39.8 Å². The Bertz CT molecular complexity index is 1960. The quantitative estimate of drug-likeness (QED) is 0.0262. The Morgan fingerprint density at radius 1 is 0.338 bits per heavy atom. The van der Waals surface area contributed by atoms with Crippen LogP contribution in [0.3, 0.4) is 0 Å². The zero-order valence-electron chi connectivity index (χ0n) is 41.4. The molecular weight excluding hydrogens is 898 g/mol. The molecule has 0 spiro atoms. The first kappa shape index (κ1) is 59.0. The van der Waals surface area contributed by atoms with Crippen LogP contribution < -0.4 is 0 Å². The largest absolute Gasteiger partial charge is 2.00 e. The minimum absolute atomic E-state index is 0. The molecule has 0 amide bonds. The molecule has 65 heavy (non-hydrogen) atoms. The van der Waals surface area contributed by atoms with Crippen molar-refractivity contribution in [3.8, 4) is 0 Å². The normalized spacial score (nSPS) is 11.8. The van der Waals surface area contributed by atoms with Crippen molar-refractivity contribution >= 4 is 41.8 Å². The standard InChI is InChI=1S/2C28H44O3S.Zn/c2*1-3-5-7-9-11-13-15-18-24-22-23-25-19-17-21-27(32(29,30)31)28(25)26(24)20-16-14-12-10-8-6-4-2;/h2*17,19,21-23H,3-16,18,20H2,1-2H3,(H,29,30,31);/q;;+2/p-2. The molecular formula is C56H86O6S2Zn. The molecule has 4 rings (SSSR count). The van der Waals surface area contributed by atoms with Crippen LogP contribution in [-0.2, 0) is 65.4 Å². The van der Waals surface area contributed by atoms with Gasteiger partial charge in [0.05, 0.1) is 9.79 Å². The van der Waals surface area contributed by atoms with Gasteiger partial charge in [-0.2, -0.15) is 0 Å². The first-order valence-corrected chi connectivity index (χ1v) is 28.8. The van der Waals surface area contributed by atoms with Crippen molar-refractivity contribution in [3.63, 3.8) is 0 Å². The maximum atomic E-state index is 12.0. The molecule has 0 aliphatic heterocycles. The van der Waals surface area contributed by atoms with E-state index in [0.29, 0.717) is 10.8 Å². The van der Waals surface area contributed by atoms with Crippen LogP contribution in [0.1, 0.15) is 230 Å². The summed E-state index contributed by atoms with van der Waals surface area (Å²) in [6.45, 7) is 8.94. The monoisotopic (exact) mass is 983 g/mol. The number of unbranched alkanes of at least 4 members (excludes halogenated alkanes) is 24. The summed E-state index contributed by atoms with van der Waals surface area (Å²) in [5.41, 5.74) is 4.65. The molecule has 0 heterocycles. The van der Waals surface area contributed by atoms with Crippen molar-refractivity contribution in [1.29, 1.82) is 0 Å². The van der Waals surface area contributed by atoms with Gasteiger partial charge in [-0.05, 0) is 96.5 Å². The summed E-state index contributed by atoms with van der Waals surface area (Å²) in [6.07, 6.45) is 38.3. The van der Waals surface area contributed by atoms with Crippen LogP contribution in [0.5, 0.6) is 0 Å². The molecule has 4 aromatic rings. The van der Waals surface area contributed by atoms with Crippen LogP contribution in [0.25, 0.3) is 21.5 Å². The number of hydrogen-bond acceptors (Lipinski definition) is 6. The Balaban J connectivity index is 0.000000440. The van der Waals surface area contributed by atoms with E-state index in [1.807, 2.05) is 24.3 Å². The van der Waals surface area contributed by atoms with Crippen molar-refractivity contribution in [2.75, 3.05) is 0 Å². The fraction of sp³-hybridized carbons (Fsp3) is 0.643. The maximum Gasteiger partial charge on any atom is 2.00 e. The molecule has 0 fully saturated rings. The van der Waals surface area contributed by atoms with Gasteiger partial charge in [0.1, 0.15) is 20.2 Å². The molecule has 0 unspecified atom stereocenters. The molecule has 0 atom stereocenters. The summed E-state index contributed by atoms with van der Waals surface area (Å²) in [5, 5.41) is 3.08. The van der Waals surface area contributed by atoms with Crippen molar-refractivity contribution < 1.29 is 45.4 Å². The van der Waals surface area contributed by atoms with Crippen LogP contribution in [0.4, 0.5) is 0 Å². The Morgan fingerprint density at radius 2 is 0.600 bits per heavy atom. The van der Waals surface area contributed by atoms with Gasteiger partial charge in [-0.3, -0.25) is 0 Å². The van der Waals surface area contributed by atoms with Crippen molar-refractivity contribution in [1.82, 2.24) is 0 Å². The second-order valence-electron chi connectivity index (χ2n) is 18.5. The van der Waals surface area contributed by atoms with Gasteiger partial charge in [0.25, 0.3) is 0 Å². The van der Waals surface area contributed by atoms with E-state index in [9.17, 15) is 25.9 Å². The molecule has 0 radical (unpaired) electrons. The van der Waals surface area contributed by atoms with Crippen molar-refractivity contribution in [3.05, 3.63) is 82.9 Å². The molecule has 0 N–H and O–H groups in total. The van der Waals surface area contributed by atoms with Gasteiger partial charge in [0, 0.05) is 10.8 Å². The number of rotatable bonds is 34. The molecule has 0 aromatic heterocycles. The predicted octanol–water partition coefficient (Wildman–Crippen LogP) is 16.7. The summed E-state index contributed by atoms with van der Waals surface area (Å²) in [6, 6.07) is 18.5. The third-order valence-corrected chi connectivity index (χ3v) is 14.9. The van der Waals surface area contributed by atoms with E-state index in [0.717, 1.165) is 86.1 Å². The van der Waals surface area contributed by atoms with E-state index in [1.165, 1.54) is 165 Å². The van der Waals surface area contributed by atoms with Crippen LogP contribution in [0, 0.1) is 0 Å². The van der Waals surface area contributed by atoms with Gasteiger partial charge < -0.3 is 9.11 Å². The van der Waals surface area contributed by atoms with Gasteiger partial charge in [-0.15, -0.1) is 0 Å². The fourth-order valence-corrected chi connectivity index (χ4v) is 10.9. The van der Waals surface area contributed by atoms with Gasteiger partial charge in [0.2, 0.25) is 0 Å². The third-order valence-electron chi connectivity index (χ3n) is 13.1. The first-order chi connectivity index (χ1) is 31.0. The van der Waals surface area contributed by atoms with Crippen LogP contribution >= 0.6 is 0 Å². The summed E-state index contributed by atoms with van der Waals surface area (Å²) in [7, 11) is -9.00. The fourth-order valence-electron chi connectivity index (χ4n) is 9.44. The Labute approximate surface area is 410 Å². The topological polar surface area (TPSA) is 114 Å². The molecule has 4 aromatic carbocycles. The molecule has 0 bridgehead atoms. The SMILES string of the molecule is CCCCCCCCCc1ccc2cccc(S(=O)(=O)[O-])c2c1CCCCCCCCC.CCCCCCCCCc1ccc2cccc(S(=O)(=O)[O-])c2c1CCCCCCCCC.[Zn+2].